The van der Waals surface area contributed by atoms with Gasteiger partial charge in [0.25, 0.3) is 0 Å². The van der Waals surface area contributed by atoms with Gasteiger partial charge in [0.2, 0.25) is 0 Å². The van der Waals surface area contributed by atoms with Crippen LogP contribution in [0.15, 0.2) is 47.0 Å². The number of hydrogen-bond donors (Lipinski definition) is 0. The molecule has 0 N–H and O–H groups in total. The van der Waals surface area contributed by atoms with Crippen LogP contribution < -0.4 is 4.90 Å². The number of benzene rings is 2. The molecule has 1 aliphatic carbocycles. The molecule has 7 nitrogen and oxygen atoms in total. The average Bonchev–Trinajstić information content (AvgIpc) is 3.28. The van der Waals surface area contributed by atoms with E-state index in [0.29, 0.717) is 11.3 Å². The largest absolute Gasteiger partial charge is 0.354 e. The van der Waals surface area contributed by atoms with E-state index in [2.05, 4.69) is 55.0 Å². The lowest BCUT2D eigenvalue weighted by Gasteiger charge is -2.58. The van der Waals surface area contributed by atoms with Crippen molar-refractivity contribution >= 4 is 28.4 Å². The molecule has 0 atom stereocenters. The summed E-state index contributed by atoms with van der Waals surface area (Å²) in [5.74, 6) is 3.50. The van der Waals surface area contributed by atoms with Crippen molar-refractivity contribution in [3.8, 4) is 5.69 Å². The fourth-order valence-electron chi connectivity index (χ4n) is 5.89. The summed E-state index contributed by atoms with van der Waals surface area (Å²) in [5, 5.41) is 15.4. The van der Waals surface area contributed by atoms with Gasteiger partial charge in [-0.25, -0.2) is 0 Å². The third-order valence-corrected chi connectivity index (χ3v) is 7.56. The van der Waals surface area contributed by atoms with E-state index in [9.17, 15) is 0 Å². The topological polar surface area (TPSA) is 63.2 Å². The molecule has 32 heavy (non-hydrogen) atoms. The molecule has 8 heteroatoms. The summed E-state index contributed by atoms with van der Waals surface area (Å²) in [6.07, 6.45) is 2.27. The lowest BCUT2D eigenvalue weighted by Crippen LogP contribution is -2.62. The van der Waals surface area contributed by atoms with E-state index in [1.807, 2.05) is 24.3 Å². The zero-order valence-electron chi connectivity index (χ0n) is 17.8. The number of nitrogens with zero attached hydrogens (tertiary/aromatic N) is 6. The van der Waals surface area contributed by atoms with Gasteiger partial charge in [0.15, 0.2) is 17.2 Å². The summed E-state index contributed by atoms with van der Waals surface area (Å²) in [6, 6.07) is 14.2. The summed E-state index contributed by atoms with van der Waals surface area (Å²) >= 11 is 6.30. The fraction of sp³-hybridized carbons (Fsp3) is 0.375. The lowest BCUT2D eigenvalue weighted by atomic mass is 9.57. The van der Waals surface area contributed by atoms with Crippen molar-refractivity contribution in [3.05, 3.63) is 64.7 Å². The Balaban J connectivity index is 1.14. The normalized spacial score (nSPS) is 20.0. The van der Waals surface area contributed by atoms with Crippen LogP contribution in [0.2, 0.25) is 5.02 Å². The van der Waals surface area contributed by atoms with Crippen molar-refractivity contribution in [2.24, 2.45) is 5.41 Å². The molecule has 2 aromatic carbocycles. The molecular weight excluding hydrogens is 424 g/mol. The average molecular weight is 447 g/mol. The van der Waals surface area contributed by atoms with Gasteiger partial charge in [-0.2, -0.15) is 0 Å². The number of fused-ring (bicyclic) bond motifs is 4. The highest BCUT2D eigenvalue weighted by molar-refractivity contribution is 6.30. The first-order chi connectivity index (χ1) is 15.6. The highest BCUT2D eigenvalue weighted by atomic mass is 35.5. The van der Waals surface area contributed by atoms with Crippen LogP contribution in [-0.4, -0.2) is 45.0 Å². The number of aromatic nitrogens is 4. The SMILES string of the molecule is CN1Cc2cc(Cl)ccc2-n2c(nnc2C2CC3(C2)CN(c2noc4ccccc24)C3)C1. The minimum absolute atomic E-state index is 0.349. The lowest BCUT2D eigenvalue weighted by molar-refractivity contribution is 0.0579. The van der Waals surface area contributed by atoms with Crippen molar-refractivity contribution in [3.63, 3.8) is 0 Å². The van der Waals surface area contributed by atoms with Crippen LogP contribution in [0, 0.1) is 5.41 Å². The number of rotatable bonds is 2. The van der Waals surface area contributed by atoms with E-state index in [4.69, 9.17) is 16.1 Å². The summed E-state index contributed by atoms with van der Waals surface area (Å²) in [7, 11) is 2.11. The van der Waals surface area contributed by atoms with E-state index >= 15 is 0 Å². The maximum absolute atomic E-state index is 6.30. The number of halogens is 1. The third-order valence-electron chi connectivity index (χ3n) is 7.32. The van der Waals surface area contributed by atoms with Crippen LogP contribution in [0.25, 0.3) is 16.7 Å². The van der Waals surface area contributed by atoms with Crippen molar-refractivity contribution in [1.82, 2.24) is 24.8 Å². The van der Waals surface area contributed by atoms with E-state index in [0.717, 1.165) is 72.5 Å². The molecule has 2 fully saturated rings. The first-order valence-electron chi connectivity index (χ1n) is 11.1. The maximum Gasteiger partial charge on any atom is 0.179 e. The van der Waals surface area contributed by atoms with Crippen molar-refractivity contribution in [1.29, 1.82) is 0 Å². The third kappa shape index (κ3) is 2.67. The molecule has 4 heterocycles. The molecule has 7 rings (SSSR count). The molecule has 1 spiro atoms. The smallest absolute Gasteiger partial charge is 0.179 e. The molecule has 0 amide bonds. The number of anilines is 1. The van der Waals surface area contributed by atoms with Gasteiger partial charge in [0.1, 0.15) is 5.82 Å². The first-order valence-corrected chi connectivity index (χ1v) is 11.5. The predicted molar refractivity (Wildman–Crippen MR) is 122 cm³/mol. The molecule has 1 saturated heterocycles. The van der Waals surface area contributed by atoms with Crippen LogP contribution >= 0.6 is 11.6 Å². The highest BCUT2D eigenvalue weighted by Crippen LogP contribution is 2.57. The van der Waals surface area contributed by atoms with E-state index in [1.54, 1.807) is 0 Å². The summed E-state index contributed by atoms with van der Waals surface area (Å²) < 4.78 is 7.79. The highest BCUT2D eigenvalue weighted by Gasteiger charge is 2.55. The zero-order valence-corrected chi connectivity index (χ0v) is 18.6. The molecule has 162 valence electrons. The van der Waals surface area contributed by atoms with Crippen molar-refractivity contribution in [2.75, 3.05) is 25.0 Å². The van der Waals surface area contributed by atoms with Gasteiger partial charge in [0, 0.05) is 36.0 Å². The molecule has 0 unspecified atom stereocenters. The zero-order chi connectivity index (χ0) is 21.4. The number of para-hydroxylation sites is 1. The molecule has 2 aliphatic heterocycles. The summed E-state index contributed by atoms with van der Waals surface area (Å²) in [4.78, 5) is 4.61. The van der Waals surface area contributed by atoms with Crippen molar-refractivity contribution < 1.29 is 4.52 Å². The second-order valence-electron chi connectivity index (χ2n) is 9.72. The molecule has 0 bridgehead atoms. The summed E-state index contributed by atoms with van der Waals surface area (Å²) in [6.45, 7) is 3.68. The summed E-state index contributed by atoms with van der Waals surface area (Å²) in [5.41, 5.74) is 3.59. The van der Waals surface area contributed by atoms with Gasteiger partial charge in [-0.1, -0.05) is 28.9 Å². The van der Waals surface area contributed by atoms with E-state index in [-0.39, 0.29) is 0 Å². The Hall–Kier alpha value is -2.90. The standard InChI is InChI=1S/C24H23ClN6O/c1-29-11-15-8-17(25)6-7-19(15)31-21(12-29)26-27-22(31)16-9-24(10-16)13-30(14-24)23-18-4-2-3-5-20(18)32-28-23/h2-8,16H,9-14H2,1H3. The van der Waals surface area contributed by atoms with Crippen LogP contribution in [0.3, 0.4) is 0 Å². The maximum atomic E-state index is 6.30. The molecule has 4 aromatic rings. The monoisotopic (exact) mass is 446 g/mol. The van der Waals surface area contributed by atoms with Gasteiger partial charge in [-0.15, -0.1) is 10.2 Å². The Kier molecular flexibility index (Phi) is 3.82. The van der Waals surface area contributed by atoms with Gasteiger partial charge >= 0.3 is 0 Å². The Morgan fingerprint density at radius 3 is 2.78 bits per heavy atom. The Labute approximate surface area is 190 Å². The van der Waals surface area contributed by atoms with E-state index in [1.165, 1.54) is 11.3 Å². The van der Waals surface area contributed by atoms with E-state index < -0.39 is 0 Å². The molecule has 3 aliphatic rings. The Bertz CT molecular complexity index is 1350. The fourth-order valence-corrected chi connectivity index (χ4v) is 6.08. The minimum atomic E-state index is 0.349. The minimum Gasteiger partial charge on any atom is -0.354 e. The molecule has 1 saturated carbocycles. The van der Waals surface area contributed by atoms with Gasteiger partial charge in [-0.3, -0.25) is 9.47 Å². The van der Waals surface area contributed by atoms with Gasteiger partial charge in [0.05, 0.1) is 17.6 Å². The number of hydrogen-bond acceptors (Lipinski definition) is 6. The predicted octanol–water partition coefficient (Wildman–Crippen LogP) is 4.39. The first kappa shape index (κ1) is 18.7. The van der Waals surface area contributed by atoms with Crippen LogP contribution in [0.1, 0.15) is 36.0 Å². The van der Waals surface area contributed by atoms with Gasteiger partial charge in [-0.05, 0) is 55.8 Å². The van der Waals surface area contributed by atoms with Crippen molar-refractivity contribution in [2.45, 2.75) is 31.8 Å². The second-order valence-corrected chi connectivity index (χ2v) is 10.2. The molecular formula is C24H23ClN6O. The molecule has 0 radical (unpaired) electrons. The molecule has 2 aromatic heterocycles. The Morgan fingerprint density at radius 2 is 1.91 bits per heavy atom. The van der Waals surface area contributed by atoms with Crippen LogP contribution in [0.4, 0.5) is 5.82 Å². The second kappa shape index (κ2) is 6.56. The van der Waals surface area contributed by atoms with Gasteiger partial charge < -0.3 is 9.42 Å². The van der Waals surface area contributed by atoms with Crippen LogP contribution in [-0.2, 0) is 13.1 Å². The quantitative estimate of drug-likeness (QED) is 0.455. The van der Waals surface area contributed by atoms with Crippen LogP contribution in [0.5, 0.6) is 0 Å². The Morgan fingerprint density at radius 1 is 1.06 bits per heavy atom.